The highest BCUT2D eigenvalue weighted by molar-refractivity contribution is 6.30. The molecule has 1 aromatic carbocycles. The van der Waals surface area contributed by atoms with Crippen LogP contribution in [0.15, 0.2) is 30.5 Å². The van der Waals surface area contributed by atoms with E-state index in [1.165, 1.54) is 0 Å². The predicted octanol–water partition coefficient (Wildman–Crippen LogP) is 4.00. The first-order valence-corrected chi connectivity index (χ1v) is 12.7. The second kappa shape index (κ2) is 11.5. The van der Waals surface area contributed by atoms with Crippen LogP contribution >= 0.6 is 11.6 Å². The summed E-state index contributed by atoms with van der Waals surface area (Å²) in [5, 5.41) is 0.594. The van der Waals surface area contributed by atoms with Gasteiger partial charge in [-0.05, 0) is 43.4 Å². The molecule has 7 nitrogen and oxygen atoms in total. The van der Waals surface area contributed by atoms with Gasteiger partial charge in [0.1, 0.15) is 11.5 Å². The second-order valence-corrected chi connectivity index (χ2v) is 10.3. The van der Waals surface area contributed by atoms with Crippen LogP contribution in [0, 0.1) is 11.8 Å². The van der Waals surface area contributed by atoms with Gasteiger partial charge in [-0.1, -0.05) is 37.6 Å². The highest BCUT2D eigenvalue weighted by atomic mass is 35.5. The molecule has 34 heavy (non-hydrogen) atoms. The van der Waals surface area contributed by atoms with Crippen LogP contribution in [0.25, 0.3) is 11.4 Å². The Morgan fingerprint density at radius 1 is 1.21 bits per heavy atom. The number of imidazole rings is 1. The molecule has 0 N–H and O–H groups in total. The van der Waals surface area contributed by atoms with Crippen LogP contribution in [0.1, 0.15) is 43.6 Å². The van der Waals surface area contributed by atoms with Gasteiger partial charge < -0.3 is 14.2 Å². The van der Waals surface area contributed by atoms with Crippen LogP contribution in [0.5, 0.6) is 0 Å². The molecular weight excluding hydrogens is 452 g/mol. The summed E-state index contributed by atoms with van der Waals surface area (Å²) in [7, 11) is 0. The number of benzene rings is 1. The molecule has 0 bridgehead atoms. The van der Waals surface area contributed by atoms with Crippen LogP contribution in [-0.2, 0) is 16.1 Å². The number of carbonyl (C=O) groups excluding carboxylic acids is 2. The summed E-state index contributed by atoms with van der Waals surface area (Å²) in [6.45, 7) is 10.4. The molecule has 2 aliphatic heterocycles. The van der Waals surface area contributed by atoms with E-state index in [2.05, 4.69) is 9.88 Å². The van der Waals surface area contributed by atoms with Crippen molar-refractivity contribution in [1.29, 1.82) is 0 Å². The second-order valence-electron chi connectivity index (χ2n) is 9.87. The molecule has 8 heteroatoms. The molecule has 0 spiro atoms. The van der Waals surface area contributed by atoms with E-state index in [1.54, 1.807) is 16.8 Å². The Labute approximate surface area is 207 Å². The lowest BCUT2D eigenvalue weighted by Gasteiger charge is -2.27. The van der Waals surface area contributed by atoms with Crippen LogP contribution in [0.4, 0.5) is 0 Å². The van der Waals surface area contributed by atoms with Crippen molar-refractivity contribution >= 4 is 23.3 Å². The number of aromatic nitrogens is 2. The zero-order valence-electron chi connectivity index (χ0n) is 20.2. The van der Waals surface area contributed by atoms with Gasteiger partial charge in [0.15, 0.2) is 5.78 Å². The van der Waals surface area contributed by atoms with Crippen molar-refractivity contribution in [2.24, 2.45) is 11.8 Å². The highest BCUT2D eigenvalue weighted by Gasteiger charge is 2.29. The first-order valence-electron chi connectivity index (χ1n) is 12.3. The Kier molecular flexibility index (Phi) is 8.40. The van der Waals surface area contributed by atoms with E-state index in [0.717, 1.165) is 64.3 Å². The van der Waals surface area contributed by atoms with Crippen molar-refractivity contribution in [3.63, 3.8) is 0 Å². The monoisotopic (exact) mass is 486 g/mol. The third-order valence-corrected chi connectivity index (χ3v) is 6.83. The summed E-state index contributed by atoms with van der Waals surface area (Å²) in [5.41, 5.74) is 1.19. The molecule has 1 atom stereocenters. The Bertz CT molecular complexity index is 1000. The number of Topliss-reactive ketones (excluding diaryl/α,β-unsaturated/α-hetero) is 1. The lowest BCUT2D eigenvalue weighted by Crippen LogP contribution is -2.37. The summed E-state index contributed by atoms with van der Waals surface area (Å²) in [6, 6.07) is 7.38. The van der Waals surface area contributed by atoms with Crippen LogP contribution in [0.2, 0.25) is 5.02 Å². The van der Waals surface area contributed by atoms with Gasteiger partial charge in [-0.25, -0.2) is 4.98 Å². The van der Waals surface area contributed by atoms with Crippen molar-refractivity contribution < 1.29 is 14.3 Å². The summed E-state index contributed by atoms with van der Waals surface area (Å²) in [5.74, 6) is 1.46. The molecule has 3 heterocycles. The SMILES string of the molecule is CC(C)CC(=O)Cn1cc(C(=O)N2CCC(CCN3CCOCC3)C2)nc1-c1cccc(Cl)c1. The molecule has 0 saturated carbocycles. The van der Waals surface area contributed by atoms with Gasteiger partial charge in [0.2, 0.25) is 0 Å². The number of ketones is 1. The topological polar surface area (TPSA) is 67.7 Å². The van der Waals surface area contributed by atoms with Gasteiger partial charge in [0.05, 0.1) is 19.8 Å². The molecule has 0 aliphatic carbocycles. The third-order valence-electron chi connectivity index (χ3n) is 6.59. The summed E-state index contributed by atoms with van der Waals surface area (Å²) in [6.07, 6.45) is 4.34. The first kappa shape index (κ1) is 24.9. The van der Waals surface area contributed by atoms with Gasteiger partial charge in [0.25, 0.3) is 5.91 Å². The van der Waals surface area contributed by atoms with Gasteiger partial charge in [-0.2, -0.15) is 0 Å². The lowest BCUT2D eigenvalue weighted by atomic mass is 10.0. The Balaban J connectivity index is 1.45. The van der Waals surface area contributed by atoms with Crippen LogP contribution in [-0.4, -0.2) is 77.0 Å². The fourth-order valence-electron chi connectivity index (χ4n) is 4.81. The maximum Gasteiger partial charge on any atom is 0.274 e. The van der Waals surface area contributed by atoms with E-state index in [4.69, 9.17) is 16.3 Å². The maximum atomic E-state index is 13.3. The minimum absolute atomic E-state index is 0.0628. The lowest BCUT2D eigenvalue weighted by molar-refractivity contribution is -0.120. The molecule has 4 rings (SSSR count). The average Bonchev–Trinajstić information content (AvgIpc) is 3.45. The van der Waals surface area contributed by atoms with Crippen molar-refractivity contribution in [1.82, 2.24) is 19.4 Å². The highest BCUT2D eigenvalue weighted by Crippen LogP contribution is 2.26. The van der Waals surface area contributed by atoms with Gasteiger partial charge >= 0.3 is 0 Å². The van der Waals surface area contributed by atoms with Gasteiger partial charge in [-0.15, -0.1) is 0 Å². The maximum absolute atomic E-state index is 13.3. The molecule has 184 valence electrons. The largest absolute Gasteiger partial charge is 0.379 e. The van der Waals surface area contributed by atoms with Crippen molar-refractivity contribution in [2.45, 2.75) is 39.7 Å². The van der Waals surface area contributed by atoms with E-state index in [9.17, 15) is 9.59 Å². The number of likely N-dealkylation sites (tertiary alicyclic amines) is 1. The van der Waals surface area contributed by atoms with E-state index in [1.807, 2.05) is 36.9 Å². The molecular formula is C26H35ClN4O3. The fraction of sp³-hybridized carbons (Fsp3) is 0.577. The quantitative estimate of drug-likeness (QED) is 0.536. The average molecular weight is 487 g/mol. The minimum atomic E-state index is -0.0628. The van der Waals surface area contributed by atoms with Crippen molar-refractivity contribution in [3.05, 3.63) is 41.2 Å². The summed E-state index contributed by atoms with van der Waals surface area (Å²) in [4.78, 5) is 34.9. The molecule has 1 aromatic heterocycles. The number of carbonyl (C=O) groups is 2. The number of halogens is 1. The number of nitrogens with zero attached hydrogens (tertiary/aromatic N) is 4. The molecule has 2 saturated heterocycles. The molecule has 1 unspecified atom stereocenters. The smallest absolute Gasteiger partial charge is 0.274 e. The van der Waals surface area contributed by atoms with Crippen LogP contribution in [0.3, 0.4) is 0 Å². The van der Waals surface area contributed by atoms with E-state index in [-0.39, 0.29) is 24.2 Å². The molecule has 2 fully saturated rings. The number of amides is 1. The normalized spacial score (nSPS) is 19.2. The third kappa shape index (κ3) is 6.46. The first-order chi connectivity index (χ1) is 16.4. The van der Waals surface area contributed by atoms with Gasteiger partial charge in [-0.3, -0.25) is 14.5 Å². The number of hydrogen-bond acceptors (Lipinski definition) is 5. The Morgan fingerprint density at radius 3 is 2.74 bits per heavy atom. The molecule has 2 aromatic rings. The molecule has 2 aliphatic rings. The Hall–Kier alpha value is -2.22. The molecule has 0 radical (unpaired) electrons. The summed E-state index contributed by atoms with van der Waals surface area (Å²) < 4.78 is 7.23. The predicted molar refractivity (Wildman–Crippen MR) is 133 cm³/mol. The van der Waals surface area contributed by atoms with E-state index in [0.29, 0.717) is 28.9 Å². The zero-order chi connectivity index (χ0) is 24.1. The number of morpholine rings is 1. The van der Waals surface area contributed by atoms with Crippen LogP contribution < -0.4 is 0 Å². The number of rotatable bonds is 9. The van der Waals surface area contributed by atoms with Gasteiger partial charge in [0, 0.05) is 49.4 Å². The number of hydrogen-bond donors (Lipinski definition) is 0. The summed E-state index contributed by atoms with van der Waals surface area (Å²) >= 11 is 6.21. The van der Waals surface area contributed by atoms with Crippen molar-refractivity contribution in [2.75, 3.05) is 45.9 Å². The zero-order valence-corrected chi connectivity index (χ0v) is 21.0. The van der Waals surface area contributed by atoms with E-state index >= 15 is 0 Å². The fourth-order valence-corrected chi connectivity index (χ4v) is 5.00. The van der Waals surface area contributed by atoms with E-state index < -0.39 is 0 Å². The molecule has 1 amide bonds. The number of ether oxygens (including phenoxy) is 1. The standard InChI is InChI=1S/C26H35ClN4O3/c1-19(2)14-23(32)17-31-18-24(28-25(31)21-4-3-5-22(27)15-21)26(33)30-9-7-20(16-30)6-8-29-10-12-34-13-11-29/h3-5,15,18-20H,6-14,16-17H2,1-2H3. The van der Waals surface area contributed by atoms with Crippen molar-refractivity contribution in [3.8, 4) is 11.4 Å². The Morgan fingerprint density at radius 2 is 2.00 bits per heavy atom. The minimum Gasteiger partial charge on any atom is -0.379 e.